The molecule has 0 atom stereocenters. The number of carbonyl (C=O) groups excluding carboxylic acids is 2. The summed E-state index contributed by atoms with van der Waals surface area (Å²) >= 11 is 7.41. The van der Waals surface area contributed by atoms with Crippen LogP contribution >= 0.6 is 23.4 Å². The molecule has 2 N–H and O–H groups in total. The van der Waals surface area contributed by atoms with Gasteiger partial charge in [0.1, 0.15) is 0 Å². The number of hydrogen-bond acceptors (Lipinski definition) is 3. The van der Waals surface area contributed by atoms with Crippen LogP contribution in [0.25, 0.3) is 6.08 Å². The Balaban J connectivity index is 1.53. The van der Waals surface area contributed by atoms with E-state index in [2.05, 4.69) is 10.6 Å². The molecular weight excluding hydrogens is 380 g/mol. The molecule has 0 unspecified atom stereocenters. The molecule has 2 aromatic carbocycles. The second kappa shape index (κ2) is 7.79. The van der Waals surface area contributed by atoms with Crippen molar-refractivity contribution in [2.24, 2.45) is 0 Å². The van der Waals surface area contributed by atoms with Crippen molar-refractivity contribution in [3.63, 3.8) is 0 Å². The molecule has 4 nitrogen and oxygen atoms in total. The number of benzene rings is 2. The van der Waals surface area contributed by atoms with Crippen molar-refractivity contribution in [3.8, 4) is 0 Å². The second-order valence-electron chi connectivity index (χ2n) is 6.79. The fraction of sp³-hybridized carbons (Fsp3) is 0.238. The second-order valence-corrected chi connectivity index (χ2v) is 8.31. The van der Waals surface area contributed by atoms with Crippen molar-refractivity contribution in [1.82, 2.24) is 5.32 Å². The summed E-state index contributed by atoms with van der Waals surface area (Å²) < 4.78 is 0. The zero-order valence-electron chi connectivity index (χ0n) is 14.6. The molecule has 0 radical (unpaired) electrons. The third kappa shape index (κ3) is 4.20. The SMILES string of the molecule is O=C1Nc2cc(C(=O)NC3CCCC3)ccc2S/C1=C/c1cccc(Cl)c1. The fourth-order valence-corrected chi connectivity index (χ4v) is 4.52. The number of fused-ring (bicyclic) bond motifs is 1. The molecule has 1 aliphatic heterocycles. The van der Waals surface area contributed by atoms with Crippen LogP contribution in [-0.2, 0) is 4.79 Å². The number of thioether (sulfide) groups is 1. The zero-order valence-corrected chi connectivity index (χ0v) is 16.2. The van der Waals surface area contributed by atoms with E-state index in [4.69, 9.17) is 11.6 Å². The first-order valence-electron chi connectivity index (χ1n) is 9.00. The van der Waals surface area contributed by atoms with Gasteiger partial charge < -0.3 is 10.6 Å². The van der Waals surface area contributed by atoms with Crippen LogP contribution in [-0.4, -0.2) is 17.9 Å². The summed E-state index contributed by atoms with van der Waals surface area (Å²) in [6.07, 6.45) is 6.24. The molecule has 0 spiro atoms. The Morgan fingerprint density at radius 2 is 2.00 bits per heavy atom. The lowest BCUT2D eigenvalue weighted by molar-refractivity contribution is -0.112. The van der Waals surface area contributed by atoms with Gasteiger partial charge in [-0.3, -0.25) is 9.59 Å². The van der Waals surface area contributed by atoms with E-state index in [-0.39, 0.29) is 17.9 Å². The number of carbonyl (C=O) groups is 2. The summed E-state index contributed by atoms with van der Waals surface area (Å²) in [6.45, 7) is 0. The minimum absolute atomic E-state index is 0.0794. The lowest BCUT2D eigenvalue weighted by atomic mass is 10.1. The van der Waals surface area contributed by atoms with E-state index in [0.29, 0.717) is 21.2 Å². The van der Waals surface area contributed by atoms with Gasteiger partial charge in [0, 0.05) is 21.5 Å². The Kier molecular flexibility index (Phi) is 5.23. The monoisotopic (exact) mass is 398 g/mol. The van der Waals surface area contributed by atoms with Gasteiger partial charge in [-0.25, -0.2) is 0 Å². The first kappa shape index (κ1) is 18.1. The van der Waals surface area contributed by atoms with Gasteiger partial charge in [0.25, 0.3) is 11.8 Å². The van der Waals surface area contributed by atoms with Crippen molar-refractivity contribution in [1.29, 1.82) is 0 Å². The summed E-state index contributed by atoms with van der Waals surface area (Å²) in [6, 6.07) is 13.1. The van der Waals surface area contributed by atoms with E-state index < -0.39 is 0 Å². The average molecular weight is 399 g/mol. The van der Waals surface area contributed by atoms with Crippen LogP contribution in [0.15, 0.2) is 52.3 Å². The molecule has 0 aromatic heterocycles. The molecule has 1 saturated carbocycles. The topological polar surface area (TPSA) is 58.2 Å². The van der Waals surface area contributed by atoms with Gasteiger partial charge in [0.15, 0.2) is 0 Å². The molecule has 1 heterocycles. The summed E-state index contributed by atoms with van der Waals surface area (Å²) in [7, 11) is 0. The highest BCUT2D eigenvalue weighted by atomic mass is 35.5. The molecule has 2 aliphatic rings. The van der Waals surface area contributed by atoms with E-state index in [0.717, 1.165) is 23.3 Å². The van der Waals surface area contributed by atoms with Gasteiger partial charge in [-0.15, -0.1) is 0 Å². The van der Waals surface area contributed by atoms with Gasteiger partial charge in [-0.1, -0.05) is 48.3 Å². The van der Waals surface area contributed by atoms with E-state index in [1.165, 1.54) is 24.6 Å². The maximum absolute atomic E-state index is 12.5. The lowest BCUT2D eigenvalue weighted by Crippen LogP contribution is -2.32. The van der Waals surface area contributed by atoms with Crippen molar-refractivity contribution in [3.05, 3.63) is 63.5 Å². The molecule has 1 fully saturated rings. The van der Waals surface area contributed by atoms with Gasteiger partial charge in [-0.05, 0) is 54.8 Å². The number of hydrogen-bond donors (Lipinski definition) is 2. The van der Waals surface area contributed by atoms with Gasteiger partial charge >= 0.3 is 0 Å². The highest BCUT2D eigenvalue weighted by Gasteiger charge is 2.23. The normalized spacial score (nSPS) is 18.3. The minimum atomic E-state index is -0.180. The third-order valence-electron chi connectivity index (χ3n) is 4.77. The van der Waals surface area contributed by atoms with Crippen molar-refractivity contribution >= 4 is 46.9 Å². The highest BCUT2D eigenvalue weighted by Crippen LogP contribution is 2.39. The van der Waals surface area contributed by atoms with Crippen molar-refractivity contribution in [2.45, 2.75) is 36.6 Å². The van der Waals surface area contributed by atoms with Crippen molar-refractivity contribution < 1.29 is 9.59 Å². The first-order valence-corrected chi connectivity index (χ1v) is 10.2. The van der Waals surface area contributed by atoms with E-state index >= 15 is 0 Å². The Morgan fingerprint density at radius 1 is 1.19 bits per heavy atom. The number of nitrogens with one attached hydrogen (secondary N) is 2. The van der Waals surface area contributed by atoms with Gasteiger partial charge in [0.05, 0.1) is 10.6 Å². The molecule has 1 aliphatic carbocycles. The predicted octanol–water partition coefficient (Wildman–Crippen LogP) is 5.10. The average Bonchev–Trinajstić information content (AvgIpc) is 3.15. The number of amides is 2. The maximum Gasteiger partial charge on any atom is 0.262 e. The molecule has 0 saturated heterocycles. The zero-order chi connectivity index (χ0) is 18.8. The Hall–Kier alpha value is -2.24. The minimum Gasteiger partial charge on any atom is -0.349 e. The summed E-state index contributed by atoms with van der Waals surface area (Å²) in [5.74, 6) is -0.259. The summed E-state index contributed by atoms with van der Waals surface area (Å²) in [4.78, 5) is 26.4. The Labute approximate surface area is 167 Å². The molecule has 4 rings (SSSR count). The van der Waals surface area contributed by atoms with Crippen LogP contribution < -0.4 is 10.6 Å². The van der Waals surface area contributed by atoms with Crippen LogP contribution in [0, 0.1) is 0 Å². The van der Waals surface area contributed by atoms with Gasteiger partial charge in [-0.2, -0.15) is 0 Å². The lowest BCUT2D eigenvalue weighted by Gasteiger charge is -2.20. The van der Waals surface area contributed by atoms with Crippen LogP contribution in [0.2, 0.25) is 5.02 Å². The van der Waals surface area contributed by atoms with Crippen molar-refractivity contribution in [2.75, 3.05) is 5.32 Å². The molecule has 138 valence electrons. The van der Waals surface area contributed by atoms with E-state index in [1.54, 1.807) is 12.1 Å². The van der Waals surface area contributed by atoms with Crippen LogP contribution in [0.1, 0.15) is 41.6 Å². The molecule has 2 aromatic rings. The smallest absolute Gasteiger partial charge is 0.262 e. The van der Waals surface area contributed by atoms with E-state index in [1.807, 2.05) is 36.4 Å². The van der Waals surface area contributed by atoms with Gasteiger partial charge in [0.2, 0.25) is 0 Å². The predicted molar refractivity (Wildman–Crippen MR) is 110 cm³/mol. The standard InChI is InChI=1S/C21H19ClN2O2S/c22-15-5-3-4-13(10-15)11-19-21(26)24-17-12-14(8-9-18(17)27-19)20(25)23-16-6-1-2-7-16/h3-5,8-12,16H,1-2,6-7H2,(H,23,25)(H,24,26)/b19-11+. The van der Waals surface area contributed by atoms with E-state index in [9.17, 15) is 9.59 Å². The Morgan fingerprint density at radius 3 is 2.78 bits per heavy atom. The quantitative estimate of drug-likeness (QED) is 0.707. The summed E-state index contributed by atoms with van der Waals surface area (Å²) in [5, 5.41) is 6.60. The fourth-order valence-electron chi connectivity index (χ4n) is 3.39. The van der Waals surface area contributed by atoms with Crippen LogP contribution in [0.5, 0.6) is 0 Å². The first-order chi connectivity index (χ1) is 13.1. The summed E-state index contributed by atoms with van der Waals surface area (Å²) in [5.41, 5.74) is 2.12. The van der Waals surface area contributed by atoms with Crippen LogP contribution in [0.3, 0.4) is 0 Å². The third-order valence-corrected chi connectivity index (χ3v) is 6.10. The molecule has 6 heteroatoms. The van der Waals surface area contributed by atoms with Crippen LogP contribution in [0.4, 0.5) is 5.69 Å². The molecule has 27 heavy (non-hydrogen) atoms. The molecule has 0 bridgehead atoms. The number of halogens is 1. The molecular formula is C21H19ClN2O2S. The molecule has 2 amide bonds. The maximum atomic E-state index is 12.5. The Bertz CT molecular complexity index is 936. The number of rotatable bonds is 3. The highest BCUT2D eigenvalue weighted by molar-refractivity contribution is 8.04. The largest absolute Gasteiger partial charge is 0.349 e. The number of anilines is 1.